The number of hydrogen-bond acceptors (Lipinski definition) is 6. The first-order valence-corrected chi connectivity index (χ1v) is 15.3. The lowest BCUT2D eigenvalue weighted by atomic mass is 9.89. The summed E-state index contributed by atoms with van der Waals surface area (Å²) >= 11 is 0. The van der Waals surface area contributed by atoms with Crippen LogP contribution in [0.1, 0.15) is 43.4 Å². The third-order valence-corrected chi connectivity index (χ3v) is 8.28. The van der Waals surface area contributed by atoms with Crippen LogP contribution in [0.5, 0.6) is 0 Å². The fourth-order valence-electron chi connectivity index (χ4n) is 5.49. The van der Waals surface area contributed by atoms with Crippen molar-refractivity contribution in [2.45, 2.75) is 63.8 Å². The van der Waals surface area contributed by atoms with Gasteiger partial charge in [-0.2, -0.15) is 0 Å². The maximum absolute atomic E-state index is 14.0. The number of carbonyl (C=O) groups excluding carboxylic acids is 4. The summed E-state index contributed by atoms with van der Waals surface area (Å²) < 4.78 is 10.8. The molecule has 4 aromatic rings. The van der Waals surface area contributed by atoms with E-state index in [9.17, 15) is 19.2 Å². The van der Waals surface area contributed by atoms with Gasteiger partial charge in [0.15, 0.2) is 11.6 Å². The highest BCUT2D eigenvalue weighted by molar-refractivity contribution is 5.98. The number of benzene rings is 3. The molecule has 234 valence electrons. The second-order valence-corrected chi connectivity index (χ2v) is 11.7. The molecule has 3 aromatic carbocycles. The van der Waals surface area contributed by atoms with Gasteiger partial charge in [0.2, 0.25) is 5.91 Å². The number of ether oxygens (including phenoxy) is 2. The molecular formula is C36H39N3O6. The lowest BCUT2D eigenvalue weighted by molar-refractivity contribution is -0.134. The van der Waals surface area contributed by atoms with Gasteiger partial charge < -0.3 is 25.1 Å². The second-order valence-electron chi connectivity index (χ2n) is 11.7. The molecule has 45 heavy (non-hydrogen) atoms. The number of aromatic amines is 1. The molecule has 1 aliphatic heterocycles. The number of rotatable bonds is 15. The van der Waals surface area contributed by atoms with Crippen LogP contribution in [-0.4, -0.2) is 52.8 Å². The largest absolute Gasteiger partial charge is 0.445 e. The van der Waals surface area contributed by atoms with Crippen molar-refractivity contribution in [3.05, 3.63) is 108 Å². The van der Waals surface area contributed by atoms with Gasteiger partial charge in [0.05, 0.1) is 18.7 Å². The minimum Gasteiger partial charge on any atom is -0.445 e. The standard InChI is InChI=1S/C36H39N3O6/c1-3-29(39-35(43)44-22-25-14-8-5-9-15-25)32(40)20-26(19-27-21-37-30-17-11-10-16-28(27)30)34(42)38-31(33(41)36(2)23-45-36)18-24-12-6-4-7-13-24/h4-17,21,26,29,31,37H,3,18-20,22-23H2,1-2H3,(H,38,42)(H,39,43)/t26-,29+,31+,36?/m1/s1. The molecule has 0 bridgehead atoms. The molecule has 5 rings (SSSR count). The Morgan fingerprint density at radius 3 is 2.18 bits per heavy atom. The summed E-state index contributed by atoms with van der Waals surface area (Å²) in [7, 11) is 0. The lowest BCUT2D eigenvalue weighted by Gasteiger charge is -2.24. The van der Waals surface area contributed by atoms with Crippen molar-refractivity contribution in [3.63, 3.8) is 0 Å². The van der Waals surface area contributed by atoms with Crippen LogP contribution in [-0.2, 0) is 43.3 Å². The number of H-pyrrole nitrogens is 1. The molecule has 1 saturated heterocycles. The van der Waals surface area contributed by atoms with Gasteiger partial charge in [-0.1, -0.05) is 85.8 Å². The average molecular weight is 610 g/mol. The normalized spacial score (nSPS) is 17.6. The van der Waals surface area contributed by atoms with Crippen LogP contribution in [0.2, 0.25) is 0 Å². The predicted octanol–water partition coefficient (Wildman–Crippen LogP) is 5.08. The monoisotopic (exact) mass is 609 g/mol. The first-order valence-electron chi connectivity index (χ1n) is 15.3. The minimum absolute atomic E-state index is 0.0718. The van der Waals surface area contributed by atoms with Crippen molar-refractivity contribution in [2.24, 2.45) is 5.92 Å². The van der Waals surface area contributed by atoms with Crippen LogP contribution >= 0.6 is 0 Å². The van der Waals surface area contributed by atoms with Gasteiger partial charge in [-0.05, 0) is 48.9 Å². The summed E-state index contributed by atoms with van der Waals surface area (Å²) in [5.74, 6) is -1.70. The first-order chi connectivity index (χ1) is 21.8. The Bertz CT molecular complexity index is 1630. The van der Waals surface area contributed by atoms with Gasteiger partial charge in [0.1, 0.15) is 12.2 Å². The fourth-order valence-corrected chi connectivity index (χ4v) is 5.49. The third kappa shape index (κ3) is 8.25. The Labute approximate surface area is 262 Å². The van der Waals surface area contributed by atoms with Gasteiger partial charge in [-0.3, -0.25) is 14.4 Å². The van der Waals surface area contributed by atoms with E-state index in [0.29, 0.717) is 19.4 Å². The topological polar surface area (TPSA) is 130 Å². The molecule has 0 radical (unpaired) electrons. The van der Waals surface area contributed by atoms with Crippen LogP contribution in [0, 0.1) is 5.92 Å². The number of fused-ring (bicyclic) bond motifs is 1. The Balaban J connectivity index is 1.33. The molecule has 1 aromatic heterocycles. The Morgan fingerprint density at radius 1 is 0.867 bits per heavy atom. The molecule has 2 amide bonds. The van der Waals surface area contributed by atoms with Crippen molar-refractivity contribution in [3.8, 4) is 0 Å². The molecule has 4 atom stereocenters. The predicted molar refractivity (Wildman–Crippen MR) is 170 cm³/mol. The average Bonchev–Trinajstić information content (AvgIpc) is 3.69. The molecule has 1 unspecified atom stereocenters. The fraction of sp³-hybridized carbons (Fsp3) is 0.333. The summed E-state index contributed by atoms with van der Waals surface area (Å²) in [4.78, 5) is 56.9. The molecule has 0 aliphatic carbocycles. The van der Waals surface area contributed by atoms with Gasteiger partial charge in [-0.15, -0.1) is 0 Å². The van der Waals surface area contributed by atoms with Crippen molar-refractivity contribution in [1.29, 1.82) is 0 Å². The zero-order valence-electron chi connectivity index (χ0n) is 25.6. The molecule has 0 spiro atoms. The molecular weight excluding hydrogens is 570 g/mol. The summed E-state index contributed by atoms with van der Waals surface area (Å²) in [6.07, 6.45) is 1.88. The highest BCUT2D eigenvalue weighted by Crippen LogP contribution is 2.30. The summed E-state index contributed by atoms with van der Waals surface area (Å²) in [5.41, 5.74) is 2.58. The SMILES string of the molecule is CC[C@H](NC(=O)OCc1ccccc1)C(=O)C[C@@H](Cc1c[nH]c2ccccc12)C(=O)N[C@@H](Cc1ccccc1)C(=O)C1(C)CO1. The van der Waals surface area contributed by atoms with E-state index in [0.717, 1.165) is 27.6 Å². The summed E-state index contributed by atoms with van der Waals surface area (Å²) in [5, 5.41) is 6.59. The number of aromatic nitrogens is 1. The molecule has 2 heterocycles. The Kier molecular flexibility index (Phi) is 10.1. The number of Topliss-reactive ketones (excluding diaryl/α,β-unsaturated/α-hetero) is 2. The smallest absolute Gasteiger partial charge is 0.408 e. The van der Waals surface area contributed by atoms with E-state index in [1.54, 1.807) is 13.8 Å². The van der Waals surface area contributed by atoms with Crippen molar-refractivity contribution in [2.75, 3.05) is 6.61 Å². The number of amides is 2. The van der Waals surface area contributed by atoms with Crippen molar-refractivity contribution in [1.82, 2.24) is 15.6 Å². The van der Waals surface area contributed by atoms with Gasteiger partial charge in [0, 0.05) is 29.4 Å². The number of alkyl carbamates (subject to hydrolysis) is 1. The molecule has 1 aliphatic rings. The summed E-state index contributed by atoms with van der Waals surface area (Å²) in [6.45, 7) is 3.89. The van der Waals surface area contributed by atoms with E-state index in [1.165, 1.54) is 0 Å². The molecule has 9 heteroatoms. The van der Waals surface area contributed by atoms with Gasteiger partial charge in [0.25, 0.3) is 0 Å². The second kappa shape index (κ2) is 14.3. The van der Waals surface area contributed by atoms with E-state index in [1.807, 2.05) is 91.1 Å². The summed E-state index contributed by atoms with van der Waals surface area (Å²) in [6, 6.07) is 24.8. The van der Waals surface area contributed by atoms with Crippen LogP contribution in [0.25, 0.3) is 10.9 Å². The van der Waals surface area contributed by atoms with E-state index in [-0.39, 0.29) is 31.0 Å². The van der Waals surface area contributed by atoms with E-state index >= 15 is 0 Å². The molecule has 1 fully saturated rings. The van der Waals surface area contributed by atoms with E-state index in [4.69, 9.17) is 9.47 Å². The van der Waals surface area contributed by atoms with Gasteiger partial charge >= 0.3 is 6.09 Å². The number of epoxide rings is 1. The zero-order chi connectivity index (χ0) is 31.8. The maximum Gasteiger partial charge on any atom is 0.408 e. The van der Waals surface area contributed by atoms with Crippen LogP contribution in [0.15, 0.2) is 91.1 Å². The van der Waals surface area contributed by atoms with Gasteiger partial charge in [-0.25, -0.2) is 4.79 Å². The Hall–Kier alpha value is -4.76. The highest BCUT2D eigenvalue weighted by Gasteiger charge is 2.50. The number of carbonyl (C=O) groups is 4. The minimum atomic E-state index is -0.938. The zero-order valence-corrected chi connectivity index (χ0v) is 25.6. The number of nitrogens with one attached hydrogen (secondary N) is 3. The van der Waals surface area contributed by atoms with Crippen LogP contribution < -0.4 is 10.6 Å². The quantitative estimate of drug-likeness (QED) is 0.161. The first kappa shape index (κ1) is 31.7. The molecule has 3 N–H and O–H groups in total. The van der Waals surface area contributed by atoms with Crippen LogP contribution in [0.3, 0.4) is 0 Å². The van der Waals surface area contributed by atoms with Crippen LogP contribution in [0.4, 0.5) is 4.79 Å². The highest BCUT2D eigenvalue weighted by atomic mass is 16.6. The van der Waals surface area contributed by atoms with E-state index in [2.05, 4.69) is 15.6 Å². The van der Waals surface area contributed by atoms with Crippen molar-refractivity contribution >= 4 is 34.5 Å². The van der Waals surface area contributed by atoms with Crippen molar-refractivity contribution < 1.29 is 28.7 Å². The number of hydrogen-bond donors (Lipinski definition) is 3. The molecule has 0 saturated carbocycles. The number of para-hydroxylation sites is 1. The number of ketones is 2. The lowest BCUT2D eigenvalue weighted by Crippen LogP contribution is -2.50. The maximum atomic E-state index is 14.0. The third-order valence-electron chi connectivity index (χ3n) is 8.28. The Morgan fingerprint density at radius 2 is 1.51 bits per heavy atom. The van der Waals surface area contributed by atoms with E-state index < -0.39 is 35.6 Å². The molecule has 9 nitrogen and oxygen atoms in total.